The summed E-state index contributed by atoms with van der Waals surface area (Å²) in [4.78, 5) is 16.8. The molecule has 3 N–H and O–H groups in total. The second-order valence-corrected chi connectivity index (χ2v) is 4.74. The van der Waals surface area contributed by atoms with Crippen LogP contribution in [0, 0.1) is 0 Å². The van der Waals surface area contributed by atoms with Crippen molar-refractivity contribution in [1.29, 1.82) is 0 Å². The lowest BCUT2D eigenvalue weighted by atomic mass is 10.3. The number of hydrogen-bond donors (Lipinski definition) is 2. The molecule has 0 fully saturated rings. The first kappa shape index (κ1) is 13.2. The Morgan fingerprint density at radius 2 is 2.13 bits per heavy atom. The number of nitrogens with zero attached hydrogens (tertiary/aromatic N) is 6. The third-order valence-corrected chi connectivity index (χ3v) is 3.15. The molecule has 114 valence electrons. The van der Waals surface area contributed by atoms with Gasteiger partial charge in [0.25, 0.3) is 5.78 Å². The van der Waals surface area contributed by atoms with Crippen LogP contribution < -0.4 is 11.1 Å². The van der Waals surface area contributed by atoms with Crippen LogP contribution in [-0.4, -0.2) is 29.5 Å². The molecule has 4 aromatic rings. The van der Waals surface area contributed by atoms with Gasteiger partial charge in [-0.2, -0.15) is 19.5 Å². The van der Waals surface area contributed by atoms with E-state index in [1.54, 1.807) is 30.8 Å². The Hall–Kier alpha value is -3.49. The fourth-order valence-electron chi connectivity index (χ4n) is 2.08. The smallest absolute Gasteiger partial charge is 0.259 e. The third-order valence-electron chi connectivity index (χ3n) is 3.15. The largest absolute Gasteiger partial charge is 0.461 e. The molecule has 4 heterocycles. The normalized spacial score (nSPS) is 11.0. The average molecular weight is 308 g/mol. The number of fused-ring (bicyclic) bond motifs is 1. The molecule has 9 heteroatoms. The van der Waals surface area contributed by atoms with E-state index < -0.39 is 0 Å². The van der Waals surface area contributed by atoms with E-state index in [-0.39, 0.29) is 5.95 Å². The fourth-order valence-corrected chi connectivity index (χ4v) is 2.08. The summed E-state index contributed by atoms with van der Waals surface area (Å²) in [6.07, 6.45) is 5.04. The average Bonchev–Trinajstić information content (AvgIpc) is 3.23. The quantitative estimate of drug-likeness (QED) is 0.580. The van der Waals surface area contributed by atoms with Crippen LogP contribution in [0.3, 0.4) is 0 Å². The Kier molecular flexibility index (Phi) is 3.08. The molecular weight excluding hydrogens is 296 g/mol. The maximum Gasteiger partial charge on any atom is 0.259 e. The van der Waals surface area contributed by atoms with Crippen molar-refractivity contribution in [2.75, 3.05) is 11.1 Å². The first-order chi connectivity index (χ1) is 11.3. The van der Waals surface area contributed by atoms with Crippen LogP contribution in [0.1, 0.15) is 5.56 Å². The van der Waals surface area contributed by atoms with Crippen molar-refractivity contribution in [3.05, 3.63) is 48.5 Å². The topological polar surface area (TPSA) is 120 Å². The predicted octanol–water partition coefficient (Wildman–Crippen LogP) is 1.37. The maximum atomic E-state index is 5.92. The summed E-state index contributed by atoms with van der Waals surface area (Å²) < 4.78 is 6.64. The van der Waals surface area contributed by atoms with Crippen molar-refractivity contribution in [2.45, 2.75) is 6.54 Å². The third kappa shape index (κ3) is 2.55. The molecule has 0 aliphatic carbocycles. The van der Waals surface area contributed by atoms with Crippen molar-refractivity contribution >= 4 is 17.7 Å². The van der Waals surface area contributed by atoms with Crippen molar-refractivity contribution in [3.8, 4) is 11.6 Å². The number of hydrogen-bond acceptors (Lipinski definition) is 8. The molecule has 4 rings (SSSR count). The number of nitrogens with one attached hydrogen (secondary N) is 1. The zero-order valence-corrected chi connectivity index (χ0v) is 11.9. The van der Waals surface area contributed by atoms with Crippen LogP contribution in [0.25, 0.3) is 17.4 Å². The second-order valence-electron chi connectivity index (χ2n) is 4.74. The van der Waals surface area contributed by atoms with Gasteiger partial charge in [0, 0.05) is 18.9 Å². The van der Waals surface area contributed by atoms with Gasteiger partial charge in [-0.15, -0.1) is 5.10 Å². The molecule has 0 bridgehead atoms. The van der Waals surface area contributed by atoms with Gasteiger partial charge in [0.2, 0.25) is 17.7 Å². The molecular formula is C14H12N8O. The molecule has 0 aliphatic heterocycles. The van der Waals surface area contributed by atoms with Crippen molar-refractivity contribution in [1.82, 2.24) is 29.5 Å². The molecule has 23 heavy (non-hydrogen) atoms. The van der Waals surface area contributed by atoms with Gasteiger partial charge in [-0.3, -0.25) is 4.98 Å². The molecule has 0 saturated heterocycles. The number of pyridine rings is 1. The minimum Gasteiger partial charge on any atom is -0.461 e. The molecule has 0 spiro atoms. The second kappa shape index (κ2) is 5.37. The summed E-state index contributed by atoms with van der Waals surface area (Å²) in [6.45, 7) is 0.530. The summed E-state index contributed by atoms with van der Waals surface area (Å²) in [5.41, 5.74) is 6.93. The Morgan fingerprint density at radius 1 is 1.17 bits per heavy atom. The number of anilines is 2. The lowest BCUT2D eigenvalue weighted by molar-refractivity contribution is 0.577. The lowest BCUT2D eigenvalue weighted by Crippen LogP contribution is -2.09. The van der Waals surface area contributed by atoms with Gasteiger partial charge in [0.05, 0.1) is 6.26 Å². The van der Waals surface area contributed by atoms with E-state index in [0.717, 1.165) is 5.56 Å². The molecule has 0 saturated carbocycles. The molecule has 0 radical (unpaired) electrons. The molecule has 0 amide bonds. The van der Waals surface area contributed by atoms with Crippen molar-refractivity contribution < 1.29 is 4.42 Å². The van der Waals surface area contributed by atoms with Crippen molar-refractivity contribution in [2.24, 2.45) is 0 Å². The Balaban J connectivity index is 1.64. The SMILES string of the molecule is Nc1nc(NCc2cccnc2)nc2nc(-c3ccco3)nn12. The Labute approximate surface area is 130 Å². The Morgan fingerprint density at radius 3 is 2.91 bits per heavy atom. The van der Waals surface area contributed by atoms with Crippen LogP contribution in [0.2, 0.25) is 0 Å². The summed E-state index contributed by atoms with van der Waals surface area (Å²) in [7, 11) is 0. The molecule has 0 unspecified atom stereocenters. The van der Waals surface area contributed by atoms with Gasteiger partial charge >= 0.3 is 0 Å². The summed E-state index contributed by atoms with van der Waals surface area (Å²) in [6, 6.07) is 7.34. The van der Waals surface area contributed by atoms with Gasteiger partial charge in [-0.25, -0.2) is 0 Å². The highest BCUT2D eigenvalue weighted by Crippen LogP contribution is 2.17. The fraction of sp³-hybridized carbons (Fsp3) is 0.0714. The van der Waals surface area contributed by atoms with Gasteiger partial charge < -0.3 is 15.5 Å². The highest BCUT2D eigenvalue weighted by atomic mass is 16.3. The van der Waals surface area contributed by atoms with Gasteiger partial charge in [-0.1, -0.05) is 6.07 Å². The predicted molar refractivity (Wildman–Crippen MR) is 82.3 cm³/mol. The number of nitrogen functional groups attached to an aromatic ring is 1. The van der Waals surface area contributed by atoms with Crippen molar-refractivity contribution in [3.63, 3.8) is 0 Å². The van der Waals surface area contributed by atoms with E-state index >= 15 is 0 Å². The summed E-state index contributed by atoms with van der Waals surface area (Å²) in [5.74, 6) is 1.85. The van der Waals surface area contributed by atoms with Gasteiger partial charge in [0.1, 0.15) is 0 Å². The zero-order chi connectivity index (χ0) is 15.6. The highest BCUT2D eigenvalue weighted by Gasteiger charge is 2.13. The van der Waals surface area contributed by atoms with E-state index in [1.807, 2.05) is 12.1 Å². The Bertz CT molecular complexity index is 932. The first-order valence-corrected chi connectivity index (χ1v) is 6.86. The molecule has 0 atom stereocenters. The number of nitrogens with two attached hydrogens (primary N) is 1. The molecule has 4 aromatic heterocycles. The van der Waals surface area contributed by atoms with E-state index in [0.29, 0.717) is 29.9 Å². The number of rotatable bonds is 4. The van der Waals surface area contributed by atoms with E-state index in [1.165, 1.54) is 4.52 Å². The van der Waals surface area contributed by atoms with Crippen LogP contribution >= 0.6 is 0 Å². The molecule has 0 aliphatic rings. The number of furan rings is 1. The monoisotopic (exact) mass is 308 g/mol. The first-order valence-electron chi connectivity index (χ1n) is 6.86. The minimum atomic E-state index is 0.189. The van der Waals surface area contributed by atoms with Crippen LogP contribution in [0.4, 0.5) is 11.9 Å². The molecule has 0 aromatic carbocycles. The number of aromatic nitrogens is 6. The van der Waals surface area contributed by atoms with E-state index in [2.05, 4.69) is 30.4 Å². The lowest BCUT2D eigenvalue weighted by Gasteiger charge is -2.05. The molecule has 9 nitrogen and oxygen atoms in total. The van der Waals surface area contributed by atoms with Crippen LogP contribution in [-0.2, 0) is 6.54 Å². The minimum absolute atomic E-state index is 0.189. The van der Waals surface area contributed by atoms with Crippen LogP contribution in [0.5, 0.6) is 0 Å². The summed E-state index contributed by atoms with van der Waals surface area (Å²) >= 11 is 0. The van der Waals surface area contributed by atoms with Crippen LogP contribution in [0.15, 0.2) is 47.3 Å². The van der Waals surface area contributed by atoms with Gasteiger partial charge in [0.15, 0.2) is 5.76 Å². The van der Waals surface area contributed by atoms with E-state index in [4.69, 9.17) is 10.2 Å². The van der Waals surface area contributed by atoms with E-state index in [9.17, 15) is 0 Å². The summed E-state index contributed by atoms with van der Waals surface area (Å²) in [5, 5.41) is 7.33. The maximum absolute atomic E-state index is 5.92. The standard InChI is InChI=1S/C14H12N8O/c15-12-19-13(17-8-9-3-1-5-16-7-9)20-14-18-11(21-22(12)14)10-4-2-6-23-10/h1-7H,8H2,(H3,15,17,18,19,20,21). The highest BCUT2D eigenvalue weighted by molar-refractivity contribution is 5.52. The zero-order valence-electron chi connectivity index (χ0n) is 11.9. The van der Waals surface area contributed by atoms with Gasteiger partial charge in [-0.05, 0) is 23.8 Å².